The number of esters is 1. The maximum atomic E-state index is 14.0. The van der Waals surface area contributed by atoms with Crippen molar-refractivity contribution >= 4 is 27.6 Å². The quantitative estimate of drug-likeness (QED) is 0.513. The smallest absolute Gasteiger partial charge is 0.328 e. The minimum atomic E-state index is -3.70. The van der Waals surface area contributed by atoms with Crippen LogP contribution in [0.5, 0.6) is 0 Å². The topological polar surface area (TPSA) is 119 Å². The molecule has 0 unspecified atom stereocenters. The van der Waals surface area contributed by atoms with Crippen molar-refractivity contribution in [3.8, 4) is 0 Å². The first-order valence-electron chi connectivity index (χ1n) is 9.80. The number of ether oxygens (including phenoxy) is 1. The van der Waals surface area contributed by atoms with E-state index in [9.17, 15) is 27.2 Å². The van der Waals surface area contributed by atoms with Gasteiger partial charge in [-0.05, 0) is 30.2 Å². The Morgan fingerprint density at radius 2 is 1.59 bits per heavy atom. The minimum Gasteiger partial charge on any atom is -0.467 e. The third kappa shape index (κ3) is 7.16. The lowest BCUT2D eigenvalue weighted by molar-refractivity contribution is -0.145. The molecule has 2 rings (SSSR count). The maximum Gasteiger partial charge on any atom is 0.328 e. The number of amides is 2. The van der Waals surface area contributed by atoms with Crippen LogP contribution in [0.1, 0.15) is 18.9 Å². The van der Waals surface area contributed by atoms with Crippen molar-refractivity contribution < 1.29 is 31.9 Å². The summed E-state index contributed by atoms with van der Waals surface area (Å²) in [6.45, 7) is 1.20. The van der Waals surface area contributed by atoms with Crippen molar-refractivity contribution in [1.82, 2.24) is 10.6 Å². The summed E-state index contributed by atoms with van der Waals surface area (Å²) in [5, 5.41) is 4.85. The Labute approximate surface area is 186 Å². The molecular formula is C22H25FN2O6S. The first-order valence-corrected chi connectivity index (χ1v) is 11.5. The summed E-state index contributed by atoms with van der Waals surface area (Å²) in [4.78, 5) is 36.6. The normalized spacial score (nSPS) is 13.0. The molecule has 0 bridgehead atoms. The summed E-state index contributed by atoms with van der Waals surface area (Å²) in [6, 6.07) is 11.0. The van der Waals surface area contributed by atoms with Crippen LogP contribution in [0, 0.1) is 5.82 Å². The van der Waals surface area contributed by atoms with Gasteiger partial charge in [0.15, 0.2) is 9.84 Å². The van der Waals surface area contributed by atoms with Gasteiger partial charge in [0.25, 0.3) is 0 Å². The molecule has 32 heavy (non-hydrogen) atoms. The molecule has 0 saturated heterocycles. The van der Waals surface area contributed by atoms with Crippen LogP contribution < -0.4 is 10.6 Å². The number of halogens is 1. The lowest BCUT2D eigenvalue weighted by atomic mass is 10.0. The number of nitrogens with one attached hydrogen (secondary N) is 2. The zero-order valence-electron chi connectivity index (χ0n) is 17.7. The summed E-state index contributed by atoms with van der Waals surface area (Å²) in [6.07, 6.45) is -0.406. The molecule has 2 aromatic rings. The lowest BCUT2D eigenvalue weighted by Crippen LogP contribution is -2.52. The predicted molar refractivity (Wildman–Crippen MR) is 115 cm³/mol. The SMILES string of the molecule is COC(=O)[C@H](CCS(=O)(=O)c1ccccc1)NC(=O)[C@H](Cc1ccccc1F)NC(C)=O. The number of hydrogen-bond acceptors (Lipinski definition) is 6. The van der Waals surface area contributed by atoms with E-state index in [1.807, 2.05) is 0 Å². The van der Waals surface area contributed by atoms with E-state index >= 15 is 0 Å². The van der Waals surface area contributed by atoms with Crippen LogP contribution in [0.3, 0.4) is 0 Å². The van der Waals surface area contributed by atoms with E-state index in [-0.39, 0.29) is 23.3 Å². The summed E-state index contributed by atoms with van der Waals surface area (Å²) in [5.41, 5.74) is 0.197. The Balaban J connectivity index is 2.16. The van der Waals surface area contributed by atoms with E-state index in [2.05, 4.69) is 15.4 Å². The molecule has 2 atom stereocenters. The second-order valence-corrected chi connectivity index (χ2v) is 9.16. The average Bonchev–Trinajstić information content (AvgIpc) is 2.77. The van der Waals surface area contributed by atoms with Crippen LogP contribution in [0.15, 0.2) is 59.5 Å². The lowest BCUT2D eigenvalue weighted by Gasteiger charge is -2.22. The molecule has 0 spiro atoms. The second-order valence-electron chi connectivity index (χ2n) is 7.05. The van der Waals surface area contributed by atoms with Gasteiger partial charge in [-0.15, -0.1) is 0 Å². The van der Waals surface area contributed by atoms with Gasteiger partial charge in [0, 0.05) is 13.3 Å². The molecule has 0 aliphatic carbocycles. The van der Waals surface area contributed by atoms with E-state index in [1.165, 1.54) is 37.3 Å². The fraction of sp³-hybridized carbons (Fsp3) is 0.318. The van der Waals surface area contributed by atoms with Crippen molar-refractivity contribution in [2.75, 3.05) is 12.9 Å². The van der Waals surface area contributed by atoms with E-state index < -0.39 is 51.3 Å². The molecule has 8 nitrogen and oxygen atoms in total. The molecule has 0 heterocycles. The molecule has 0 fully saturated rings. The molecular weight excluding hydrogens is 439 g/mol. The van der Waals surface area contributed by atoms with Gasteiger partial charge in [-0.1, -0.05) is 36.4 Å². The average molecular weight is 465 g/mol. The zero-order valence-corrected chi connectivity index (χ0v) is 18.5. The Hall–Kier alpha value is -3.27. The number of carbonyl (C=O) groups excluding carboxylic acids is 3. The van der Waals surface area contributed by atoms with Gasteiger partial charge in [-0.2, -0.15) is 0 Å². The van der Waals surface area contributed by atoms with Crippen molar-refractivity contribution in [2.24, 2.45) is 0 Å². The molecule has 0 radical (unpaired) electrons. The van der Waals surface area contributed by atoms with Gasteiger partial charge in [0.1, 0.15) is 17.9 Å². The van der Waals surface area contributed by atoms with Crippen LogP contribution in [0.25, 0.3) is 0 Å². The van der Waals surface area contributed by atoms with Crippen molar-refractivity contribution in [3.63, 3.8) is 0 Å². The number of sulfone groups is 1. The highest BCUT2D eigenvalue weighted by Gasteiger charge is 2.29. The third-order valence-corrected chi connectivity index (χ3v) is 6.42. The Bertz CT molecular complexity index is 1060. The Morgan fingerprint density at radius 3 is 2.19 bits per heavy atom. The first-order chi connectivity index (χ1) is 15.1. The van der Waals surface area contributed by atoms with Crippen molar-refractivity contribution in [1.29, 1.82) is 0 Å². The number of rotatable bonds is 10. The molecule has 0 aliphatic heterocycles. The fourth-order valence-electron chi connectivity index (χ4n) is 3.02. The van der Waals surface area contributed by atoms with E-state index in [4.69, 9.17) is 0 Å². The highest BCUT2D eigenvalue weighted by atomic mass is 32.2. The van der Waals surface area contributed by atoms with Gasteiger partial charge in [-0.3, -0.25) is 9.59 Å². The number of hydrogen-bond donors (Lipinski definition) is 2. The van der Waals surface area contributed by atoms with Crippen molar-refractivity contribution in [3.05, 3.63) is 66.0 Å². The highest BCUT2D eigenvalue weighted by molar-refractivity contribution is 7.91. The van der Waals surface area contributed by atoms with Gasteiger partial charge in [0.2, 0.25) is 11.8 Å². The van der Waals surface area contributed by atoms with Gasteiger partial charge in [-0.25, -0.2) is 17.6 Å². The van der Waals surface area contributed by atoms with E-state index in [0.29, 0.717) is 0 Å². The first kappa shape index (κ1) is 25.0. The van der Waals surface area contributed by atoms with Gasteiger partial charge in [0.05, 0.1) is 17.8 Å². The molecule has 2 amide bonds. The van der Waals surface area contributed by atoms with E-state index in [0.717, 1.165) is 7.11 Å². The third-order valence-electron chi connectivity index (χ3n) is 4.66. The van der Waals surface area contributed by atoms with Gasteiger partial charge >= 0.3 is 5.97 Å². The van der Waals surface area contributed by atoms with E-state index in [1.54, 1.807) is 24.3 Å². The number of methoxy groups -OCH3 is 1. The molecule has 0 aliphatic rings. The summed E-state index contributed by atoms with van der Waals surface area (Å²) < 4.78 is 43.8. The summed E-state index contributed by atoms with van der Waals surface area (Å²) in [7, 11) is -2.60. The second kappa shape index (κ2) is 11.4. The number of carbonyl (C=O) groups is 3. The molecule has 2 N–H and O–H groups in total. The predicted octanol–water partition coefficient (Wildman–Crippen LogP) is 1.39. The molecule has 172 valence electrons. The van der Waals surface area contributed by atoms with Gasteiger partial charge < -0.3 is 15.4 Å². The standard InChI is InChI=1S/C22H25FN2O6S/c1-15(26)24-20(14-16-8-6-7-11-18(16)23)21(27)25-19(22(28)31-2)12-13-32(29,30)17-9-4-3-5-10-17/h3-11,19-20H,12-14H2,1-2H3,(H,24,26)(H,25,27)/t19-,20-/m0/s1. The van der Waals surface area contributed by atoms with Crippen molar-refractivity contribution in [2.45, 2.75) is 36.7 Å². The Kier molecular flexibility index (Phi) is 8.89. The molecule has 2 aromatic carbocycles. The van der Waals surface area contributed by atoms with Crippen LogP contribution in [-0.4, -0.2) is 51.1 Å². The maximum absolute atomic E-state index is 14.0. The zero-order chi connectivity index (χ0) is 23.7. The Morgan fingerprint density at radius 1 is 0.969 bits per heavy atom. The van der Waals surface area contributed by atoms with Crippen LogP contribution in [-0.2, 0) is 35.4 Å². The molecule has 0 aromatic heterocycles. The monoisotopic (exact) mass is 464 g/mol. The fourth-order valence-corrected chi connectivity index (χ4v) is 4.37. The largest absolute Gasteiger partial charge is 0.467 e. The van der Waals surface area contributed by atoms with Crippen LogP contribution in [0.2, 0.25) is 0 Å². The molecule has 0 saturated carbocycles. The summed E-state index contributed by atoms with van der Waals surface area (Å²) >= 11 is 0. The number of benzene rings is 2. The van der Waals surface area contributed by atoms with Crippen LogP contribution in [0.4, 0.5) is 4.39 Å². The summed E-state index contributed by atoms with van der Waals surface area (Å²) in [5.74, 6) is -3.10. The minimum absolute atomic E-state index is 0.0885. The van der Waals surface area contributed by atoms with Crippen LogP contribution >= 0.6 is 0 Å². The highest BCUT2D eigenvalue weighted by Crippen LogP contribution is 2.13. The molecule has 10 heteroatoms.